The Bertz CT molecular complexity index is 547. The van der Waals surface area contributed by atoms with Gasteiger partial charge in [0.15, 0.2) is 0 Å². The van der Waals surface area contributed by atoms with Crippen LogP contribution in [0.2, 0.25) is 0 Å². The van der Waals surface area contributed by atoms with Gasteiger partial charge in [0.2, 0.25) is 11.7 Å². The van der Waals surface area contributed by atoms with Gasteiger partial charge >= 0.3 is 0 Å². The second-order valence-corrected chi connectivity index (χ2v) is 5.25. The topological polar surface area (TPSA) is 42.2 Å². The molecule has 100 valence electrons. The Morgan fingerprint density at radius 1 is 1.32 bits per heavy atom. The standard InChI is InChI=1S/C15H19N3O/c1-3-14-16-15(17-19-14)12-4-6-13(7-5-12)18-9-8-11(2)10-18/h4-7,11H,3,8-10H2,1-2H3. The molecule has 0 saturated carbocycles. The van der Waals surface area contributed by atoms with Gasteiger partial charge in [-0.1, -0.05) is 19.0 Å². The molecule has 1 fully saturated rings. The number of benzene rings is 1. The van der Waals surface area contributed by atoms with Crippen molar-refractivity contribution in [2.75, 3.05) is 18.0 Å². The van der Waals surface area contributed by atoms with Crippen LogP contribution < -0.4 is 4.90 Å². The number of nitrogens with zero attached hydrogens (tertiary/aromatic N) is 3. The first-order valence-electron chi connectivity index (χ1n) is 6.94. The minimum absolute atomic E-state index is 0.679. The maximum Gasteiger partial charge on any atom is 0.226 e. The van der Waals surface area contributed by atoms with E-state index in [0.29, 0.717) is 11.7 Å². The lowest BCUT2D eigenvalue weighted by Crippen LogP contribution is -2.18. The van der Waals surface area contributed by atoms with Crippen LogP contribution in [-0.4, -0.2) is 23.2 Å². The van der Waals surface area contributed by atoms with E-state index in [2.05, 4.69) is 46.2 Å². The van der Waals surface area contributed by atoms with Gasteiger partial charge in [-0.3, -0.25) is 0 Å². The first-order valence-corrected chi connectivity index (χ1v) is 6.94. The molecule has 4 heteroatoms. The Hall–Kier alpha value is -1.84. The normalized spacial score (nSPS) is 19.1. The van der Waals surface area contributed by atoms with E-state index < -0.39 is 0 Å². The van der Waals surface area contributed by atoms with Crippen molar-refractivity contribution in [3.63, 3.8) is 0 Å². The van der Waals surface area contributed by atoms with Crippen molar-refractivity contribution in [3.05, 3.63) is 30.2 Å². The smallest absolute Gasteiger partial charge is 0.226 e. The van der Waals surface area contributed by atoms with Gasteiger partial charge in [-0.2, -0.15) is 4.98 Å². The fourth-order valence-electron chi connectivity index (χ4n) is 2.51. The molecule has 19 heavy (non-hydrogen) atoms. The molecule has 0 spiro atoms. The van der Waals surface area contributed by atoms with Crippen LogP contribution in [0.5, 0.6) is 0 Å². The summed E-state index contributed by atoms with van der Waals surface area (Å²) in [4.78, 5) is 6.78. The van der Waals surface area contributed by atoms with Gasteiger partial charge in [0, 0.05) is 30.8 Å². The van der Waals surface area contributed by atoms with Gasteiger partial charge in [0.05, 0.1) is 0 Å². The molecule has 2 aromatic rings. The molecule has 2 heterocycles. The first-order chi connectivity index (χ1) is 9.26. The second kappa shape index (κ2) is 5.03. The average molecular weight is 257 g/mol. The van der Waals surface area contributed by atoms with Crippen molar-refractivity contribution in [1.82, 2.24) is 10.1 Å². The van der Waals surface area contributed by atoms with Gasteiger partial charge < -0.3 is 9.42 Å². The molecule has 1 saturated heterocycles. The van der Waals surface area contributed by atoms with Crippen LogP contribution in [0.15, 0.2) is 28.8 Å². The summed E-state index contributed by atoms with van der Waals surface area (Å²) in [6, 6.07) is 8.44. The molecule has 1 aromatic heterocycles. The van der Waals surface area contributed by atoms with Crippen LogP contribution in [-0.2, 0) is 6.42 Å². The number of rotatable bonds is 3. The van der Waals surface area contributed by atoms with Crippen LogP contribution in [0.1, 0.15) is 26.2 Å². The van der Waals surface area contributed by atoms with Gasteiger partial charge in [-0.25, -0.2) is 0 Å². The monoisotopic (exact) mass is 257 g/mol. The third kappa shape index (κ3) is 2.48. The maximum atomic E-state index is 5.14. The lowest BCUT2D eigenvalue weighted by atomic mass is 10.1. The molecule has 0 N–H and O–H groups in total. The number of hydrogen-bond acceptors (Lipinski definition) is 4. The summed E-state index contributed by atoms with van der Waals surface area (Å²) in [5.74, 6) is 2.16. The molecule has 4 nitrogen and oxygen atoms in total. The number of aromatic nitrogens is 2. The fourth-order valence-corrected chi connectivity index (χ4v) is 2.51. The van der Waals surface area contributed by atoms with E-state index in [1.165, 1.54) is 12.1 Å². The molecule has 1 atom stereocenters. The van der Waals surface area contributed by atoms with Crippen molar-refractivity contribution >= 4 is 5.69 Å². The zero-order chi connectivity index (χ0) is 13.2. The highest BCUT2D eigenvalue weighted by Crippen LogP contribution is 2.25. The number of anilines is 1. The van der Waals surface area contributed by atoms with Crippen molar-refractivity contribution in [1.29, 1.82) is 0 Å². The van der Waals surface area contributed by atoms with E-state index in [4.69, 9.17) is 4.52 Å². The zero-order valence-corrected chi connectivity index (χ0v) is 11.5. The molecule has 3 rings (SSSR count). The Kier molecular flexibility index (Phi) is 3.23. The SMILES string of the molecule is CCc1nc(-c2ccc(N3CCC(C)C3)cc2)no1. The van der Waals surface area contributed by atoms with Crippen LogP contribution in [0.4, 0.5) is 5.69 Å². The number of hydrogen-bond donors (Lipinski definition) is 0. The third-order valence-electron chi connectivity index (χ3n) is 3.69. The summed E-state index contributed by atoms with van der Waals surface area (Å²) < 4.78 is 5.14. The van der Waals surface area contributed by atoms with Crippen molar-refractivity contribution in [3.8, 4) is 11.4 Å². The van der Waals surface area contributed by atoms with Crippen molar-refractivity contribution < 1.29 is 4.52 Å². The van der Waals surface area contributed by atoms with E-state index in [9.17, 15) is 0 Å². The summed E-state index contributed by atoms with van der Waals surface area (Å²) in [7, 11) is 0. The summed E-state index contributed by atoms with van der Waals surface area (Å²) in [6.07, 6.45) is 2.06. The molecule has 0 aliphatic carbocycles. The van der Waals surface area contributed by atoms with Crippen LogP contribution in [0, 0.1) is 5.92 Å². The molecule has 1 unspecified atom stereocenters. The quantitative estimate of drug-likeness (QED) is 0.847. The molecular formula is C15H19N3O. The lowest BCUT2D eigenvalue weighted by molar-refractivity contribution is 0.383. The minimum Gasteiger partial charge on any atom is -0.371 e. The molecule has 0 amide bonds. The Morgan fingerprint density at radius 3 is 2.68 bits per heavy atom. The summed E-state index contributed by atoms with van der Waals surface area (Å²) in [5, 5.41) is 4.00. The van der Waals surface area contributed by atoms with E-state index in [0.717, 1.165) is 31.0 Å². The Balaban J connectivity index is 1.78. The number of aryl methyl sites for hydroxylation is 1. The highest BCUT2D eigenvalue weighted by atomic mass is 16.5. The van der Waals surface area contributed by atoms with Gasteiger partial charge in [-0.05, 0) is 36.6 Å². The van der Waals surface area contributed by atoms with Crippen molar-refractivity contribution in [2.24, 2.45) is 5.92 Å². The zero-order valence-electron chi connectivity index (χ0n) is 11.5. The van der Waals surface area contributed by atoms with Crippen molar-refractivity contribution in [2.45, 2.75) is 26.7 Å². The van der Waals surface area contributed by atoms with E-state index >= 15 is 0 Å². The van der Waals surface area contributed by atoms with Crippen LogP contribution in [0.3, 0.4) is 0 Å². The predicted octanol–water partition coefficient (Wildman–Crippen LogP) is 3.15. The molecule has 0 bridgehead atoms. The molecular weight excluding hydrogens is 238 g/mol. The maximum absolute atomic E-state index is 5.14. The average Bonchev–Trinajstić information content (AvgIpc) is 3.07. The molecule has 0 radical (unpaired) electrons. The summed E-state index contributed by atoms with van der Waals surface area (Å²) in [5.41, 5.74) is 2.30. The fraction of sp³-hybridized carbons (Fsp3) is 0.467. The van der Waals surface area contributed by atoms with Gasteiger partial charge in [0.25, 0.3) is 0 Å². The summed E-state index contributed by atoms with van der Waals surface area (Å²) in [6.45, 7) is 6.62. The highest BCUT2D eigenvalue weighted by molar-refractivity contribution is 5.60. The van der Waals surface area contributed by atoms with Crippen LogP contribution >= 0.6 is 0 Å². The van der Waals surface area contributed by atoms with Crippen LogP contribution in [0.25, 0.3) is 11.4 Å². The minimum atomic E-state index is 0.679. The first kappa shape index (κ1) is 12.2. The molecule has 1 aliphatic rings. The van der Waals surface area contributed by atoms with Gasteiger partial charge in [-0.15, -0.1) is 0 Å². The second-order valence-electron chi connectivity index (χ2n) is 5.25. The highest BCUT2D eigenvalue weighted by Gasteiger charge is 2.18. The Labute approximate surface area is 113 Å². The lowest BCUT2D eigenvalue weighted by Gasteiger charge is -2.18. The van der Waals surface area contributed by atoms with E-state index in [-0.39, 0.29) is 0 Å². The molecule has 1 aromatic carbocycles. The largest absolute Gasteiger partial charge is 0.371 e. The summed E-state index contributed by atoms with van der Waals surface area (Å²) >= 11 is 0. The Morgan fingerprint density at radius 2 is 2.11 bits per heavy atom. The van der Waals surface area contributed by atoms with Gasteiger partial charge in [0.1, 0.15) is 0 Å². The van der Waals surface area contributed by atoms with E-state index in [1.807, 2.05) is 6.92 Å². The predicted molar refractivity (Wildman–Crippen MR) is 75.1 cm³/mol. The molecule has 1 aliphatic heterocycles. The third-order valence-corrected chi connectivity index (χ3v) is 3.69. The van der Waals surface area contributed by atoms with E-state index in [1.54, 1.807) is 0 Å².